The molecule has 10 aromatic carbocycles. The Morgan fingerprint density at radius 3 is 1.61 bits per heavy atom. The summed E-state index contributed by atoms with van der Waals surface area (Å²) in [6.07, 6.45) is 1.90. The van der Waals surface area contributed by atoms with E-state index in [-0.39, 0.29) is 0 Å². The van der Waals surface area contributed by atoms with Crippen LogP contribution in [0.1, 0.15) is 0 Å². The SMILES string of the molecule is c1ccc(-c2cccc(-c3ccccc3)c2Nc2cccc3c2Nc2cc(Oc4ccc5c6cccc7c8ccccc8c8ccccc8c8cccnc8n(c5c4)c76)ccc2-c2ccccc2-3)cc1. The zero-order chi connectivity index (χ0) is 46.1. The van der Waals surface area contributed by atoms with Crippen LogP contribution in [-0.4, -0.2) is 9.38 Å². The van der Waals surface area contributed by atoms with Gasteiger partial charge in [0.05, 0.1) is 33.8 Å². The van der Waals surface area contributed by atoms with Crippen molar-refractivity contribution in [3.8, 4) is 56.0 Å². The molecule has 0 saturated heterocycles. The highest BCUT2D eigenvalue weighted by atomic mass is 16.5. The average Bonchev–Trinajstić information content (AvgIpc) is 3.69. The van der Waals surface area contributed by atoms with Crippen molar-refractivity contribution >= 4 is 82.5 Å². The van der Waals surface area contributed by atoms with Gasteiger partial charge in [-0.3, -0.25) is 4.40 Å². The smallest absolute Gasteiger partial charge is 0.145 e. The van der Waals surface area contributed by atoms with Crippen molar-refractivity contribution in [3.05, 3.63) is 243 Å². The van der Waals surface area contributed by atoms with E-state index >= 15 is 0 Å². The van der Waals surface area contributed by atoms with Gasteiger partial charge in [0, 0.05) is 62.1 Å². The number of pyridine rings is 1. The summed E-state index contributed by atoms with van der Waals surface area (Å²) in [5.41, 5.74) is 16.0. The second-order valence-corrected chi connectivity index (χ2v) is 18.0. The minimum Gasteiger partial charge on any atom is -0.457 e. The van der Waals surface area contributed by atoms with Gasteiger partial charge in [0.15, 0.2) is 0 Å². The number of hydrogen-bond donors (Lipinski definition) is 2. The molecule has 5 heteroatoms. The van der Waals surface area contributed by atoms with Gasteiger partial charge < -0.3 is 15.4 Å². The first kappa shape index (κ1) is 39.7. The Labute approximate surface area is 404 Å². The van der Waals surface area contributed by atoms with Crippen LogP contribution in [0.3, 0.4) is 0 Å². The number of nitrogens with zero attached hydrogens (tertiary/aromatic N) is 2. The van der Waals surface area contributed by atoms with Crippen LogP contribution in [0, 0.1) is 0 Å². The molecule has 13 aromatic rings. The maximum absolute atomic E-state index is 6.96. The molecule has 328 valence electrons. The highest BCUT2D eigenvalue weighted by Gasteiger charge is 2.24. The monoisotopic (exact) mass is 894 g/mol. The number of hydrogen-bond acceptors (Lipinski definition) is 4. The summed E-state index contributed by atoms with van der Waals surface area (Å²) < 4.78 is 9.31. The van der Waals surface area contributed by atoms with Crippen LogP contribution in [0.15, 0.2) is 243 Å². The fourth-order valence-electron chi connectivity index (χ4n) is 10.9. The van der Waals surface area contributed by atoms with Gasteiger partial charge in [-0.25, -0.2) is 4.98 Å². The second kappa shape index (κ2) is 16.1. The highest BCUT2D eigenvalue weighted by Crippen LogP contribution is 2.50. The van der Waals surface area contributed by atoms with Crippen molar-refractivity contribution in [2.75, 3.05) is 10.6 Å². The van der Waals surface area contributed by atoms with E-state index in [2.05, 4.69) is 246 Å². The maximum Gasteiger partial charge on any atom is 0.145 e. The molecule has 5 nitrogen and oxygen atoms in total. The van der Waals surface area contributed by atoms with Crippen molar-refractivity contribution in [2.24, 2.45) is 0 Å². The van der Waals surface area contributed by atoms with Crippen molar-refractivity contribution in [3.63, 3.8) is 0 Å². The van der Waals surface area contributed by atoms with Gasteiger partial charge in [-0.2, -0.15) is 0 Å². The Kier molecular flexibility index (Phi) is 9.14. The molecule has 3 aromatic heterocycles. The fraction of sp³-hybridized carbons (Fsp3) is 0. The molecular weight excluding hydrogens is 853 g/mol. The molecule has 1 aliphatic heterocycles. The van der Waals surface area contributed by atoms with Gasteiger partial charge >= 0.3 is 0 Å². The Morgan fingerprint density at radius 1 is 0.386 bits per heavy atom. The van der Waals surface area contributed by atoms with Crippen LogP contribution < -0.4 is 15.4 Å². The third kappa shape index (κ3) is 6.36. The molecule has 70 heavy (non-hydrogen) atoms. The van der Waals surface area contributed by atoms with E-state index in [9.17, 15) is 0 Å². The zero-order valence-electron chi connectivity index (χ0n) is 37.9. The van der Waals surface area contributed by atoms with Crippen molar-refractivity contribution in [2.45, 2.75) is 0 Å². The lowest BCUT2D eigenvalue weighted by Gasteiger charge is -2.21. The Balaban J connectivity index is 0.924. The third-order valence-electron chi connectivity index (χ3n) is 14.0. The summed E-state index contributed by atoms with van der Waals surface area (Å²) in [6, 6.07) is 84.2. The topological polar surface area (TPSA) is 50.6 Å². The van der Waals surface area contributed by atoms with E-state index in [1.165, 1.54) is 16.2 Å². The molecule has 0 radical (unpaired) electrons. The number of nitrogens with one attached hydrogen (secondary N) is 2. The normalized spacial score (nSPS) is 11.8. The summed E-state index contributed by atoms with van der Waals surface area (Å²) >= 11 is 0. The van der Waals surface area contributed by atoms with E-state index in [0.717, 1.165) is 122 Å². The van der Waals surface area contributed by atoms with Crippen LogP contribution in [-0.2, 0) is 0 Å². The predicted molar refractivity (Wildman–Crippen MR) is 293 cm³/mol. The number of fused-ring (bicyclic) bond motifs is 15. The molecule has 0 amide bonds. The quantitative estimate of drug-likeness (QED) is 0.175. The van der Waals surface area contributed by atoms with Gasteiger partial charge in [-0.1, -0.05) is 182 Å². The van der Waals surface area contributed by atoms with Gasteiger partial charge in [0.25, 0.3) is 0 Å². The molecule has 0 atom stereocenters. The number of ether oxygens (including phenoxy) is 1. The molecule has 0 spiro atoms. The maximum atomic E-state index is 6.96. The molecule has 4 heterocycles. The molecule has 0 bridgehead atoms. The predicted octanol–water partition coefficient (Wildman–Crippen LogP) is 17.9. The molecule has 0 saturated carbocycles. The van der Waals surface area contributed by atoms with Crippen LogP contribution in [0.2, 0.25) is 0 Å². The number of benzene rings is 10. The van der Waals surface area contributed by atoms with E-state index in [1.807, 2.05) is 12.3 Å². The van der Waals surface area contributed by atoms with E-state index in [1.54, 1.807) is 0 Å². The highest BCUT2D eigenvalue weighted by molar-refractivity contribution is 6.25. The Hall–Kier alpha value is -9.45. The molecular formula is C65H42N4O. The summed E-state index contributed by atoms with van der Waals surface area (Å²) in [5, 5.41) is 17.2. The van der Waals surface area contributed by atoms with Crippen molar-refractivity contribution in [1.82, 2.24) is 9.38 Å². The van der Waals surface area contributed by atoms with Gasteiger partial charge in [0.1, 0.15) is 17.1 Å². The number of para-hydroxylation sites is 3. The molecule has 14 rings (SSSR count). The minimum atomic E-state index is 0.723. The van der Waals surface area contributed by atoms with Crippen molar-refractivity contribution in [1.29, 1.82) is 0 Å². The first-order valence-corrected chi connectivity index (χ1v) is 23.8. The second-order valence-electron chi connectivity index (χ2n) is 18.0. The average molecular weight is 895 g/mol. The lowest BCUT2D eigenvalue weighted by molar-refractivity contribution is 0.483. The number of anilines is 4. The number of aromatic nitrogens is 2. The van der Waals surface area contributed by atoms with E-state index < -0.39 is 0 Å². The molecule has 2 N–H and O–H groups in total. The Morgan fingerprint density at radius 2 is 0.900 bits per heavy atom. The van der Waals surface area contributed by atoms with Crippen LogP contribution in [0.5, 0.6) is 11.5 Å². The standard InChI is InChI=1S/C65H42N4O/c1-3-17-41(18-4-1)45-27-13-28-46(42-19-5-2-6-20-42)62(45)67-59-33-15-29-55-50-24-10-9-23-49(50)53-36-34-43(39-60(53)68-63(55)59)70-44-35-37-54-57-31-14-30-56-51-25-11-7-21-47(51)48-22-8-12-26-52(48)58-32-16-38-66-65(58)69(64(56)57)61(54)40-44/h1-40,67-68H. The summed E-state index contributed by atoms with van der Waals surface area (Å²) in [4.78, 5) is 5.16. The minimum absolute atomic E-state index is 0.723. The number of rotatable bonds is 6. The summed E-state index contributed by atoms with van der Waals surface area (Å²) in [6.45, 7) is 0. The molecule has 1 aliphatic rings. The Bertz CT molecular complexity index is 4220. The van der Waals surface area contributed by atoms with E-state index in [4.69, 9.17) is 9.72 Å². The van der Waals surface area contributed by atoms with E-state index in [0.29, 0.717) is 0 Å². The van der Waals surface area contributed by atoms with Crippen molar-refractivity contribution < 1.29 is 4.74 Å². The van der Waals surface area contributed by atoms with Crippen LogP contribution in [0.4, 0.5) is 22.7 Å². The third-order valence-corrected chi connectivity index (χ3v) is 14.0. The fourth-order valence-corrected chi connectivity index (χ4v) is 10.9. The lowest BCUT2D eigenvalue weighted by atomic mass is 9.93. The lowest BCUT2D eigenvalue weighted by Crippen LogP contribution is -2.02. The zero-order valence-corrected chi connectivity index (χ0v) is 37.9. The molecule has 0 unspecified atom stereocenters. The first-order chi connectivity index (χ1) is 34.7. The molecule has 0 aliphatic carbocycles. The van der Waals surface area contributed by atoms with Gasteiger partial charge in [-0.15, -0.1) is 0 Å². The largest absolute Gasteiger partial charge is 0.457 e. The van der Waals surface area contributed by atoms with Gasteiger partial charge in [-0.05, 0) is 86.3 Å². The summed E-state index contributed by atoms with van der Waals surface area (Å²) in [7, 11) is 0. The van der Waals surface area contributed by atoms with Crippen LogP contribution in [0.25, 0.3) is 104 Å². The summed E-state index contributed by atoms with van der Waals surface area (Å²) in [5.74, 6) is 1.45. The molecule has 0 fully saturated rings. The van der Waals surface area contributed by atoms with Gasteiger partial charge in [0.2, 0.25) is 0 Å². The first-order valence-electron chi connectivity index (χ1n) is 23.8. The van der Waals surface area contributed by atoms with Crippen LogP contribution >= 0.6 is 0 Å².